The summed E-state index contributed by atoms with van der Waals surface area (Å²) in [4.78, 5) is 0. The summed E-state index contributed by atoms with van der Waals surface area (Å²) in [5.74, 6) is 0.703. The molecule has 3 heteroatoms. The van der Waals surface area contributed by atoms with Crippen LogP contribution >= 0.6 is 15.9 Å². The first-order valence-corrected chi connectivity index (χ1v) is 6.96. The number of halogens is 1. The van der Waals surface area contributed by atoms with E-state index in [0.717, 1.165) is 15.6 Å². The lowest BCUT2D eigenvalue weighted by molar-refractivity contribution is 0.174. The van der Waals surface area contributed by atoms with Crippen molar-refractivity contribution in [3.05, 3.63) is 63.6 Å². The summed E-state index contributed by atoms with van der Waals surface area (Å²) in [6, 6.07) is 13.9. The van der Waals surface area contributed by atoms with Gasteiger partial charge >= 0.3 is 0 Å². The van der Waals surface area contributed by atoms with Crippen LogP contribution in [0.25, 0.3) is 0 Å². The Balaban J connectivity index is 2.22. The van der Waals surface area contributed by atoms with E-state index in [1.54, 1.807) is 7.11 Å². The van der Waals surface area contributed by atoms with Gasteiger partial charge in [-0.15, -0.1) is 0 Å². The first kappa shape index (κ1) is 14.1. The normalized spacial score (nSPS) is 12.2. The Hall–Kier alpha value is -1.32. The molecule has 100 valence electrons. The molecule has 1 atom stereocenters. The standard InChI is InChI=1S/C16H17BrO2/c1-11-4-3-5-12(8-11)9-15(18)14-7-6-13(17)10-16(14)19-2/h3-8,10,15,18H,9H2,1-2H3. The zero-order chi connectivity index (χ0) is 13.8. The van der Waals surface area contributed by atoms with Crippen LogP contribution in [0.5, 0.6) is 5.75 Å². The average Bonchev–Trinajstić information content (AvgIpc) is 2.38. The van der Waals surface area contributed by atoms with Crippen LogP contribution in [0.1, 0.15) is 22.8 Å². The summed E-state index contributed by atoms with van der Waals surface area (Å²) in [6.45, 7) is 2.05. The summed E-state index contributed by atoms with van der Waals surface area (Å²) in [5, 5.41) is 10.4. The molecule has 0 aliphatic rings. The number of ether oxygens (including phenoxy) is 1. The molecule has 1 unspecified atom stereocenters. The molecule has 1 N–H and O–H groups in total. The van der Waals surface area contributed by atoms with Crippen molar-refractivity contribution in [3.63, 3.8) is 0 Å². The zero-order valence-electron chi connectivity index (χ0n) is 11.1. The van der Waals surface area contributed by atoms with Gasteiger partial charge in [0.15, 0.2) is 0 Å². The van der Waals surface area contributed by atoms with Gasteiger partial charge in [-0.2, -0.15) is 0 Å². The Bertz CT molecular complexity index is 566. The van der Waals surface area contributed by atoms with E-state index in [-0.39, 0.29) is 0 Å². The summed E-state index contributed by atoms with van der Waals surface area (Å²) >= 11 is 3.40. The van der Waals surface area contributed by atoms with Crippen molar-refractivity contribution < 1.29 is 9.84 Å². The number of methoxy groups -OCH3 is 1. The molecule has 0 saturated carbocycles. The molecule has 0 fully saturated rings. The molecular weight excluding hydrogens is 304 g/mol. The third kappa shape index (κ3) is 3.58. The predicted octanol–water partition coefficient (Wildman–Crippen LogP) is 4.04. The van der Waals surface area contributed by atoms with Crippen LogP contribution in [-0.2, 0) is 6.42 Å². The van der Waals surface area contributed by atoms with E-state index < -0.39 is 6.10 Å². The quantitative estimate of drug-likeness (QED) is 0.921. The highest BCUT2D eigenvalue weighted by Gasteiger charge is 2.14. The Morgan fingerprint density at radius 1 is 1.21 bits per heavy atom. The highest BCUT2D eigenvalue weighted by Crippen LogP contribution is 2.30. The lowest BCUT2D eigenvalue weighted by Gasteiger charge is -2.15. The third-order valence-electron chi connectivity index (χ3n) is 3.07. The van der Waals surface area contributed by atoms with Crippen molar-refractivity contribution in [2.75, 3.05) is 7.11 Å². The molecule has 19 heavy (non-hydrogen) atoms. The summed E-state index contributed by atoms with van der Waals surface area (Å²) in [5.41, 5.74) is 3.14. The fourth-order valence-corrected chi connectivity index (χ4v) is 2.47. The summed E-state index contributed by atoms with van der Waals surface area (Å²) in [6.07, 6.45) is 0.0181. The van der Waals surface area contributed by atoms with Gasteiger partial charge in [0.25, 0.3) is 0 Å². The third-order valence-corrected chi connectivity index (χ3v) is 3.56. The van der Waals surface area contributed by atoms with E-state index in [4.69, 9.17) is 4.74 Å². The molecule has 0 heterocycles. The van der Waals surface area contributed by atoms with Gasteiger partial charge in [-0.05, 0) is 24.6 Å². The fourth-order valence-electron chi connectivity index (χ4n) is 2.13. The monoisotopic (exact) mass is 320 g/mol. The second-order valence-electron chi connectivity index (χ2n) is 4.60. The van der Waals surface area contributed by atoms with E-state index in [1.165, 1.54) is 5.56 Å². The summed E-state index contributed by atoms with van der Waals surface area (Å²) < 4.78 is 6.26. The molecule has 2 nitrogen and oxygen atoms in total. The van der Waals surface area contributed by atoms with Crippen LogP contribution < -0.4 is 4.74 Å². The van der Waals surface area contributed by atoms with E-state index in [2.05, 4.69) is 35.0 Å². The van der Waals surface area contributed by atoms with Gasteiger partial charge in [0.05, 0.1) is 13.2 Å². The number of aliphatic hydroxyl groups is 1. The summed E-state index contributed by atoms with van der Waals surface area (Å²) in [7, 11) is 1.62. The van der Waals surface area contributed by atoms with E-state index in [0.29, 0.717) is 12.2 Å². The number of benzene rings is 2. The largest absolute Gasteiger partial charge is 0.496 e. The Morgan fingerprint density at radius 2 is 2.00 bits per heavy atom. The average molecular weight is 321 g/mol. The minimum atomic E-state index is -0.565. The maximum absolute atomic E-state index is 10.4. The first-order chi connectivity index (χ1) is 9.10. The number of hydrogen-bond donors (Lipinski definition) is 1. The molecule has 0 aliphatic heterocycles. The van der Waals surface area contributed by atoms with Crippen LogP contribution in [0.2, 0.25) is 0 Å². The van der Waals surface area contributed by atoms with Crippen molar-refractivity contribution in [1.82, 2.24) is 0 Å². The molecular formula is C16H17BrO2. The Kier molecular flexibility index (Phi) is 4.61. The number of aliphatic hydroxyl groups excluding tert-OH is 1. The van der Waals surface area contributed by atoms with E-state index in [1.807, 2.05) is 30.3 Å². The van der Waals surface area contributed by atoms with E-state index >= 15 is 0 Å². The number of aryl methyl sites for hydroxylation is 1. The number of hydrogen-bond acceptors (Lipinski definition) is 2. The minimum absolute atomic E-state index is 0.565. The van der Waals surface area contributed by atoms with Crippen LogP contribution in [0, 0.1) is 6.92 Å². The van der Waals surface area contributed by atoms with Gasteiger partial charge in [-0.25, -0.2) is 0 Å². The number of rotatable bonds is 4. The molecule has 2 rings (SSSR count). The molecule has 0 spiro atoms. The smallest absolute Gasteiger partial charge is 0.125 e. The fraction of sp³-hybridized carbons (Fsp3) is 0.250. The van der Waals surface area contributed by atoms with Crippen molar-refractivity contribution in [3.8, 4) is 5.75 Å². The van der Waals surface area contributed by atoms with Crippen LogP contribution in [-0.4, -0.2) is 12.2 Å². The Morgan fingerprint density at radius 3 is 2.68 bits per heavy atom. The minimum Gasteiger partial charge on any atom is -0.496 e. The highest BCUT2D eigenvalue weighted by atomic mass is 79.9. The van der Waals surface area contributed by atoms with Gasteiger partial charge in [0, 0.05) is 16.5 Å². The van der Waals surface area contributed by atoms with Gasteiger partial charge < -0.3 is 9.84 Å². The highest BCUT2D eigenvalue weighted by molar-refractivity contribution is 9.10. The lowest BCUT2D eigenvalue weighted by Crippen LogP contribution is -2.04. The van der Waals surface area contributed by atoms with Crippen molar-refractivity contribution in [2.45, 2.75) is 19.4 Å². The van der Waals surface area contributed by atoms with Crippen LogP contribution in [0.4, 0.5) is 0 Å². The second kappa shape index (κ2) is 6.22. The Labute approximate surface area is 122 Å². The SMILES string of the molecule is COc1cc(Br)ccc1C(O)Cc1cccc(C)c1. The molecule has 0 aromatic heterocycles. The maximum atomic E-state index is 10.4. The molecule has 0 bridgehead atoms. The van der Waals surface area contributed by atoms with Gasteiger partial charge in [-0.1, -0.05) is 51.8 Å². The van der Waals surface area contributed by atoms with Gasteiger partial charge in [-0.3, -0.25) is 0 Å². The van der Waals surface area contributed by atoms with Crippen molar-refractivity contribution >= 4 is 15.9 Å². The van der Waals surface area contributed by atoms with Crippen LogP contribution in [0.15, 0.2) is 46.9 Å². The zero-order valence-corrected chi connectivity index (χ0v) is 12.6. The predicted molar refractivity (Wildman–Crippen MR) is 80.5 cm³/mol. The second-order valence-corrected chi connectivity index (χ2v) is 5.51. The molecule has 2 aromatic carbocycles. The van der Waals surface area contributed by atoms with Gasteiger partial charge in [0.1, 0.15) is 5.75 Å². The van der Waals surface area contributed by atoms with Crippen LogP contribution in [0.3, 0.4) is 0 Å². The molecule has 0 aliphatic carbocycles. The first-order valence-electron chi connectivity index (χ1n) is 6.17. The topological polar surface area (TPSA) is 29.5 Å². The molecule has 0 radical (unpaired) electrons. The van der Waals surface area contributed by atoms with Crippen molar-refractivity contribution in [2.24, 2.45) is 0 Å². The molecule has 2 aromatic rings. The molecule has 0 saturated heterocycles. The van der Waals surface area contributed by atoms with Crippen molar-refractivity contribution in [1.29, 1.82) is 0 Å². The van der Waals surface area contributed by atoms with E-state index in [9.17, 15) is 5.11 Å². The molecule has 0 amide bonds. The van der Waals surface area contributed by atoms with Gasteiger partial charge in [0.2, 0.25) is 0 Å². The maximum Gasteiger partial charge on any atom is 0.125 e. The lowest BCUT2D eigenvalue weighted by atomic mass is 9.99.